The Morgan fingerprint density at radius 2 is 1.35 bits per heavy atom. The van der Waals surface area contributed by atoms with Gasteiger partial charge in [0, 0.05) is 0 Å². The lowest BCUT2D eigenvalue weighted by Crippen LogP contribution is -2.43. The normalized spacial score (nSPS) is 11.3. The molecule has 0 fully saturated rings. The molecular formula is C18H21NO4. The zero-order chi connectivity index (χ0) is 16.5. The van der Waals surface area contributed by atoms with Crippen LogP contribution in [0.5, 0.6) is 0 Å². The van der Waals surface area contributed by atoms with Crippen LogP contribution in [0.1, 0.15) is 30.9 Å². The van der Waals surface area contributed by atoms with Gasteiger partial charge >= 0.3 is 5.91 Å². The molecule has 0 atom stereocenters. The smallest absolute Gasteiger partial charge is 0.286 e. The van der Waals surface area contributed by atoms with Crippen molar-refractivity contribution in [2.75, 3.05) is 0 Å². The first kappa shape index (κ1) is 17.1. The summed E-state index contributed by atoms with van der Waals surface area (Å²) in [5.74, 6) is -1.82. The molecular weight excluding hydrogens is 294 g/mol. The van der Waals surface area contributed by atoms with Gasteiger partial charge in [0.05, 0.1) is 24.6 Å². The fraction of sp³-hybridized carbons (Fsp3) is 0.333. The summed E-state index contributed by atoms with van der Waals surface area (Å²) in [5.41, 5.74) is 1.75. The third-order valence-electron chi connectivity index (χ3n) is 3.46. The highest BCUT2D eigenvalue weighted by Gasteiger charge is 2.45. The van der Waals surface area contributed by atoms with Gasteiger partial charge in [-0.1, -0.05) is 67.6 Å². The lowest BCUT2D eigenvalue weighted by atomic mass is 10.2. The van der Waals surface area contributed by atoms with Gasteiger partial charge in [0.15, 0.2) is 0 Å². The molecule has 5 heteroatoms. The van der Waals surface area contributed by atoms with Crippen molar-refractivity contribution < 1.29 is 14.4 Å². The molecule has 2 aromatic carbocycles. The van der Waals surface area contributed by atoms with Crippen LogP contribution in [0.2, 0.25) is 0 Å². The zero-order valence-corrected chi connectivity index (χ0v) is 13.2. The predicted octanol–water partition coefficient (Wildman–Crippen LogP) is 4.15. The van der Waals surface area contributed by atoms with Crippen LogP contribution < -0.4 is 0 Å². The summed E-state index contributed by atoms with van der Waals surface area (Å²) in [5, 5.41) is 11.6. The lowest BCUT2D eigenvalue weighted by Gasteiger charge is -2.24. The molecule has 0 saturated carbocycles. The highest BCUT2D eigenvalue weighted by Crippen LogP contribution is 2.24. The van der Waals surface area contributed by atoms with Gasteiger partial charge in [-0.15, -0.1) is 0 Å². The summed E-state index contributed by atoms with van der Waals surface area (Å²) in [6.07, 6.45) is 0.782. The molecule has 0 bridgehead atoms. The molecule has 5 nitrogen and oxygen atoms in total. The summed E-state index contributed by atoms with van der Waals surface area (Å²) < 4.78 is 11.2. The van der Waals surface area contributed by atoms with E-state index in [1.165, 1.54) is 0 Å². The van der Waals surface area contributed by atoms with Crippen molar-refractivity contribution in [2.45, 2.75) is 38.9 Å². The Hall–Kier alpha value is -2.24. The van der Waals surface area contributed by atoms with Crippen molar-refractivity contribution in [3.05, 3.63) is 81.9 Å². The van der Waals surface area contributed by atoms with Gasteiger partial charge in [0.25, 0.3) is 0 Å². The molecule has 0 heterocycles. The molecule has 23 heavy (non-hydrogen) atoms. The molecule has 0 aromatic heterocycles. The van der Waals surface area contributed by atoms with Gasteiger partial charge in [-0.25, -0.2) is 0 Å². The van der Waals surface area contributed by atoms with E-state index in [1.54, 1.807) is 0 Å². The largest absolute Gasteiger partial charge is 0.442 e. The van der Waals surface area contributed by atoms with E-state index in [0.717, 1.165) is 11.1 Å². The molecule has 122 valence electrons. The first-order valence-corrected chi connectivity index (χ1v) is 7.66. The number of ether oxygens (including phenoxy) is 2. The Bertz CT molecular complexity index is 557. The third kappa shape index (κ3) is 4.87. The molecule has 0 aliphatic rings. The Labute approximate surface area is 136 Å². The maximum atomic E-state index is 11.6. The van der Waals surface area contributed by atoms with Crippen LogP contribution in [0.15, 0.2) is 60.7 Å². The number of hydrogen-bond donors (Lipinski definition) is 0. The molecule has 0 N–H and O–H groups in total. The minimum Gasteiger partial charge on any atom is -0.286 e. The van der Waals surface area contributed by atoms with Crippen LogP contribution in [-0.2, 0) is 22.7 Å². The fourth-order valence-electron chi connectivity index (χ4n) is 2.24. The Balaban J connectivity index is 2.09. The summed E-state index contributed by atoms with van der Waals surface area (Å²) in [6, 6.07) is 18.7. The number of hydrogen-bond acceptors (Lipinski definition) is 4. The Kier molecular flexibility index (Phi) is 6.26. The molecule has 0 spiro atoms. The molecule has 0 amide bonds. The van der Waals surface area contributed by atoms with E-state index < -0.39 is 10.8 Å². The maximum Gasteiger partial charge on any atom is 0.442 e. The first-order chi connectivity index (χ1) is 11.2. The number of nitrogens with zero attached hydrogens (tertiary/aromatic N) is 1. The van der Waals surface area contributed by atoms with E-state index in [-0.39, 0.29) is 19.6 Å². The second-order valence-electron chi connectivity index (χ2n) is 5.27. The summed E-state index contributed by atoms with van der Waals surface area (Å²) >= 11 is 0. The molecule has 0 saturated heterocycles. The summed E-state index contributed by atoms with van der Waals surface area (Å²) in [6.45, 7) is 2.14. The molecule has 0 unspecified atom stereocenters. The van der Waals surface area contributed by atoms with E-state index in [2.05, 4.69) is 0 Å². The van der Waals surface area contributed by atoms with E-state index in [9.17, 15) is 10.1 Å². The van der Waals surface area contributed by atoms with Crippen molar-refractivity contribution in [1.82, 2.24) is 0 Å². The van der Waals surface area contributed by atoms with E-state index in [4.69, 9.17) is 9.47 Å². The maximum absolute atomic E-state index is 11.6. The number of rotatable bonds is 9. The van der Waals surface area contributed by atoms with E-state index >= 15 is 0 Å². The predicted molar refractivity (Wildman–Crippen MR) is 87.1 cm³/mol. The highest BCUT2D eigenvalue weighted by molar-refractivity contribution is 5.14. The summed E-state index contributed by atoms with van der Waals surface area (Å²) in [7, 11) is 0. The highest BCUT2D eigenvalue weighted by atomic mass is 16.8. The van der Waals surface area contributed by atoms with Crippen LogP contribution in [-0.4, -0.2) is 10.8 Å². The van der Waals surface area contributed by atoms with E-state index in [0.29, 0.717) is 6.42 Å². The second kappa shape index (κ2) is 8.41. The van der Waals surface area contributed by atoms with Gasteiger partial charge in [-0.05, 0) is 17.5 Å². The molecule has 0 aliphatic heterocycles. The van der Waals surface area contributed by atoms with Gasteiger partial charge in [-0.3, -0.25) is 19.6 Å². The second-order valence-corrected chi connectivity index (χ2v) is 5.27. The van der Waals surface area contributed by atoms with Crippen LogP contribution in [0, 0.1) is 10.1 Å². The fourth-order valence-corrected chi connectivity index (χ4v) is 2.24. The SMILES string of the molecule is CCCC(OCc1ccccc1)(OCc1ccccc1)[N+](=O)[O-]. The van der Waals surface area contributed by atoms with Gasteiger partial charge < -0.3 is 0 Å². The lowest BCUT2D eigenvalue weighted by molar-refractivity contribution is -0.698. The summed E-state index contributed by atoms with van der Waals surface area (Å²) in [4.78, 5) is 11.1. The van der Waals surface area contributed by atoms with Crippen LogP contribution in [0.25, 0.3) is 0 Å². The number of nitro groups is 1. The minimum absolute atomic E-state index is 0.136. The molecule has 2 rings (SSSR count). The van der Waals surface area contributed by atoms with Crippen molar-refractivity contribution >= 4 is 0 Å². The molecule has 2 aromatic rings. The number of benzene rings is 2. The monoisotopic (exact) mass is 315 g/mol. The minimum atomic E-state index is -1.82. The third-order valence-corrected chi connectivity index (χ3v) is 3.46. The van der Waals surface area contributed by atoms with Gasteiger partial charge in [0.1, 0.15) is 0 Å². The van der Waals surface area contributed by atoms with Crippen LogP contribution >= 0.6 is 0 Å². The zero-order valence-electron chi connectivity index (χ0n) is 13.2. The molecule has 0 radical (unpaired) electrons. The average molecular weight is 315 g/mol. The van der Waals surface area contributed by atoms with Crippen molar-refractivity contribution in [2.24, 2.45) is 0 Å². The van der Waals surface area contributed by atoms with E-state index in [1.807, 2.05) is 67.6 Å². The standard InChI is InChI=1S/C18H21NO4/c1-2-13-18(19(20)21,22-14-16-9-5-3-6-10-16)23-15-17-11-7-4-8-12-17/h3-12H,2,13-15H2,1H3. The van der Waals surface area contributed by atoms with Gasteiger partial charge in [0.2, 0.25) is 0 Å². The van der Waals surface area contributed by atoms with Crippen molar-refractivity contribution in [1.29, 1.82) is 0 Å². The quantitative estimate of drug-likeness (QED) is 0.396. The Morgan fingerprint density at radius 3 is 1.70 bits per heavy atom. The van der Waals surface area contributed by atoms with Crippen LogP contribution in [0.4, 0.5) is 0 Å². The Morgan fingerprint density at radius 1 is 0.913 bits per heavy atom. The van der Waals surface area contributed by atoms with Crippen molar-refractivity contribution in [3.63, 3.8) is 0 Å². The van der Waals surface area contributed by atoms with Gasteiger partial charge in [-0.2, -0.15) is 0 Å². The molecule has 0 aliphatic carbocycles. The van der Waals surface area contributed by atoms with Crippen LogP contribution in [0.3, 0.4) is 0 Å². The topological polar surface area (TPSA) is 61.6 Å². The first-order valence-electron chi connectivity index (χ1n) is 7.66. The van der Waals surface area contributed by atoms with Crippen molar-refractivity contribution in [3.8, 4) is 0 Å². The average Bonchev–Trinajstić information content (AvgIpc) is 2.59.